The van der Waals surface area contributed by atoms with Gasteiger partial charge in [-0.15, -0.1) is 0 Å². The van der Waals surface area contributed by atoms with Crippen LogP contribution in [0, 0.1) is 0 Å². The average molecular weight is 248 g/mol. The maximum Gasteiger partial charge on any atom is 0.261 e. The largest absolute Gasteiger partial charge is 0.504 e. The SMILES string of the molecule is CCCCc1noc(-c2cccc(OC)c2O)n1. The summed E-state index contributed by atoms with van der Waals surface area (Å²) >= 11 is 0. The Kier molecular flexibility index (Phi) is 3.82. The molecule has 2 aromatic rings. The molecule has 0 aliphatic heterocycles. The van der Waals surface area contributed by atoms with Crippen LogP contribution in [0.15, 0.2) is 22.7 Å². The standard InChI is InChI=1S/C13H16N2O3/c1-3-4-8-11-14-13(18-15-11)9-6-5-7-10(17-2)12(9)16/h5-7,16H,3-4,8H2,1-2H3. The van der Waals surface area contributed by atoms with Crippen LogP contribution in [0.25, 0.3) is 11.5 Å². The first kappa shape index (κ1) is 12.4. The minimum absolute atomic E-state index is 0.0192. The molecular weight excluding hydrogens is 232 g/mol. The van der Waals surface area contributed by atoms with Crippen LogP contribution in [-0.2, 0) is 6.42 Å². The number of nitrogens with zero attached hydrogens (tertiary/aromatic N) is 2. The van der Waals surface area contributed by atoms with E-state index < -0.39 is 0 Å². The van der Waals surface area contributed by atoms with Crippen molar-refractivity contribution in [2.24, 2.45) is 0 Å². The van der Waals surface area contributed by atoms with Crippen LogP contribution in [0.4, 0.5) is 0 Å². The second-order valence-electron chi connectivity index (χ2n) is 3.98. The number of phenolic OH excluding ortho intramolecular Hbond substituents is 1. The molecule has 0 saturated heterocycles. The average Bonchev–Trinajstić information content (AvgIpc) is 2.85. The molecule has 5 nitrogen and oxygen atoms in total. The van der Waals surface area contributed by atoms with Crippen molar-refractivity contribution < 1.29 is 14.4 Å². The number of para-hydroxylation sites is 1. The van der Waals surface area contributed by atoms with Gasteiger partial charge in [0.05, 0.1) is 12.7 Å². The molecule has 1 aromatic carbocycles. The number of unbranched alkanes of at least 4 members (excludes halogenated alkanes) is 1. The van der Waals surface area contributed by atoms with Crippen molar-refractivity contribution in [3.63, 3.8) is 0 Å². The fourth-order valence-corrected chi connectivity index (χ4v) is 1.66. The van der Waals surface area contributed by atoms with E-state index in [-0.39, 0.29) is 5.75 Å². The minimum atomic E-state index is 0.0192. The van der Waals surface area contributed by atoms with Gasteiger partial charge in [0.2, 0.25) is 0 Å². The van der Waals surface area contributed by atoms with E-state index >= 15 is 0 Å². The quantitative estimate of drug-likeness (QED) is 0.881. The Labute approximate surface area is 105 Å². The molecule has 0 unspecified atom stereocenters. The predicted octanol–water partition coefficient (Wildman–Crippen LogP) is 2.79. The maximum absolute atomic E-state index is 9.97. The Hall–Kier alpha value is -2.04. The molecule has 0 aliphatic carbocycles. The van der Waals surface area contributed by atoms with Crippen molar-refractivity contribution in [2.75, 3.05) is 7.11 Å². The molecule has 1 N–H and O–H groups in total. The molecule has 0 saturated carbocycles. The lowest BCUT2D eigenvalue weighted by molar-refractivity contribution is 0.371. The van der Waals surface area contributed by atoms with E-state index in [9.17, 15) is 5.11 Å². The van der Waals surface area contributed by atoms with Crippen molar-refractivity contribution >= 4 is 0 Å². The van der Waals surface area contributed by atoms with Crippen LogP contribution in [-0.4, -0.2) is 22.4 Å². The lowest BCUT2D eigenvalue weighted by Crippen LogP contribution is -1.88. The van der Waals surface area contributed by atoms with Crippen LogP contribution in [0.2, 0.25) is 0 Å². The maximum atomic E-state index is 9.97. The first-order valence-corrected chi connectivity index (χ1v) is 5.95. The molecule has 0 atom stereocenters. The van der Waals surface area contributed by atoms with Gasteiger partial charge in [0, 0.05) is 6.42 Å². The summed E-state index contributed by atoms with van der Waals surface area (Å²) in [5.41, 5.74) is 0.490. The Morgan fingerprint density at radius 2 is 2.22 bits per heavy atom. The Balaban J connectivity index is 2.28. The van der Waals surface area contributed by atoms with Crippen molar-refractivity contribution in [1.29, 1.82) is 0 Å². The number of phenols is 1. The lowest BCUT2D eigenvalue weighted by Gasteiger charge is -2.04. The second kappa shape index (κ2) is 5.53. The molecule has 0 aliphatic rings. The third-order valence-electron chi connectivity index (χ3n) is 2.67. The van der Waals surface area contributed by atoms with Crippen molar-refractivity contribution in [2.45, 2.75) is 26.2 Å². The number of hydrogen-bond donors (Lipinski definition) is 1. The van der Waals surface area contributed by atoms with Crippen molar-refractivity contribution in [3.05, 3.63) is 24.0 Å². The molecule has 0 radical (unpaired) electrons. The topological polar surface area (TPSA) is 68.4 Å². The predicted molar refractivity (Wildman–Crippen MR) is 66.6 cm³/mol. The molecule has 2 rings (SSSR count). The Bertz CT molecular complexity index is 523. The van der Waals surface area contributed by atoms with Crippen LogP contribution in [0.3, 0.4) is 0 Å². The number of hydrogen-bond acceptors (Lipinski definition) is 5. The summed E-state index contributed by atoms with van der Waals surface area (Å²) in [6.07, 6.45) is 2.88. The van der Waals surface area contributed by atoms with Gasteiger partial charge in [-0.2, -0.15) is 4.98 Å². The van der Waals surface area contributed by atoms with E-state index in [1.54, 1.807) is 18.2 Å². The molecular formula is C13H16N2O3. The molecule has 1 aromatic heterocycles. The highest BCUT2D eigenvalue weighted by Crippen LogP contribution is 2.35. The summed E-state index contributed by atoms with van der Waals surface area (Å²) in [4.78, 5) is 4.26. The van der Waals surface area contributed by atoms with Crippen LogP contribution >= 0.6 is 0 Å². The zero-order chi connectivity index (χ0) is 13.0. The molecule has 0 fully saturated rings. The summed E-state index contributed by atoms with van der Waals surface area (Å²) in [5, 5.41) is 13.9. The number of methoxy groups -OCH3 is 1. The summed E-state index contributed by atoms with van der Waals surface area (Å²) in [7, 11) is 1.50. The van der Waals surface area contributed by atoms with E-state index in [0.717, 1.165) is 19.3 Å². The first-order valence-electron chi connectivity index (χ1n) is 5.95. The molecule has 0 spiro atoms. The summed E-state index contributed by atoms with van der Waals surface area (Å²) < 4.78 is 10.2. The number of ether oxygens (including phenoxy) is 1. The Morgan fingerprint density at radius 3 is 2.94 bits per heavy atom. The third-order valence-corrected chi connectivity index (χ3v) is 2.67. The first-order chi connectivity index (χ1) is 8.76. The highest BCUT2D eigenvalue weighted by molar-refractivity contribution is 5.66. The van der Waals surface area contributed by atoms with Gasteiger partial charge in [-0.1, -0.05) is 24.6 Å². The zero-order valence-corrected chi connectivity index (χ0v) is 10.5. The van der Waals surface area contributed by atoms with Gasteiger partial charge in [-0.05, 0) is 18.6 Å². The number of aromatic nitrogens is 2. The molecule has 5 heteroatoms. The summed E-state index contributed by atoms with van der Waals surface area (Å²) in [5.74, 6) is 1.39. The minimum Gasteiger partial charge on any atom is -0.504 e. The van der Waals surface area contributed by atoms with Gasteiger partial charge in [0.1, 0.15) is 0 Å². The molecule has 1 heterocycles. The smallest absolute Gasteiger partial charge is 0.261 e. The monoisotopic (exact) mass is 248 g/mol. The molecule has 18 heavy (non-hydrogen) atoms. The fraction of sp³-hybridized carbons (Fsp3) is 0.385. The van der Waals surface area contributed by atoms with Crippen molar-refractivity contribution in [1.82, 2.24) is 10.1 Å². The number of rotatable bonds is 5. The number of aromatic hydroxyl groups is 1. The van der Waals surface area contributed by atoms with E-state index in [0.29, 0.717) is 23.0 Å². The lowest BCUT2D eigenvalue weighted by atomic mass is 10.2. The third kappa shape index (κ3) is 2.45. The molecule has 0 amide bonds. The van der Waals surface area contributed by atoms with E-state index in [4.69, 9.17) is 9.26 Å². The zero-order valence-electron chi connectivity index (χ0n) is 10.5. The second-order valence-corrected chi connectivity index (χ2v) is 3.98. The van der Waals surface area contributed by atoms with Crippen LogP contribution in [0.5, 0.6) is 11.5 Å². The summed E-state index contributed by atoms with van der Waals surface area (Å²) in [6, 6.07) is 5.16. The van der Waals surface area contributed by atoms with E-state index in [1.807, 2.05) is 0 Å². The number of benzene rings is 1. The van der Waals surface area contributed by atoms with Crippen molar-refractivity contribution in [3.8, 4) is 23.0 Å². The van der Waals surface area contributed by atoms with Gasteiger partial charge in [0.15, 0.2) is 17.3 Å². The van der Waals surface area contributed by atoms with Gasteiger partial charge in [-0.3, -0.25) is 0 Å². The normalized spacial score (nSPS) is 10.6. The highest BCUT2D eigenvalue weighted by Gasteiger charge is 2.15. The van der Waals surface area contributed by atoms with Gasteiger partial charge < -0.3 is 14.4 Å². The van der Waals surface area contributed by atoms with Crippen LogP contribution in [0.1, 0.15) is 25.6 Å². The van der Waals surface area contributed by atoms with E-state index in [1.165, 1.54) is 7.11 Å². The van der Waals surface area contributed by atoms with Gasteiger partial charge in [0.25, 0.3) is 5.89 Å². The fourth-order valence-electron chi connectivity index (χ4n) is 1.66. The number of aryl methyl sites for hydroxylation is 1. The van der Waals surface area contributed by atoms with Gasteiger partial charge >= 0.3 is 0 Å². The van der Waals surface area contributed by atoms with E-state index in [2.05, 4.69) is 17.1 Å². The van der Waals surface area contributed by atoms with Crippen LogP contribution < -0.4 is 4.74 Å². The molecule has 0 bridgehead atoms. The van der Waals surface area contributed by atoms with Gasteiger partial charge in [-0.25, -0.2) is 0 Å². The Morgan fingerprint density at radius 1 is 1.39 bits per heavy atom. The summed E-state index contributed by atoms with van der Waals surface area (Å²) in [6.45, 7) is 2.11. The molecule has 96 valence electrons. The highest BCUT2D eigenvalue weighted by atomic mass is 16.5.